The van der Waals surface area contributed by atoms with Crippen LogP contribution in [0.4, 0.5) is 0 Å². The fourth-order valence-corrected chi connectivity index (χ4v) is 3.51. The van der Waals surface area contributed by atoms with Crippen LogP contribution in [-0.4, -0.2) is 50.3 Å². The van der Waals surface area contributed by atoms with Crippen LogP contribution in [0.3, 0.4) is 0 Å². The van der Waals surface area contributed by atoms with Crippen LogP contribution >= 0.6 is 35.3 Å². The van der Waals surface area contributed by atoms with E-state index >= 15 is 0 Å². The van der Waals surface area contributed by atoms with Gasteiger partial charge in [-0.05, 0) is 50.2 Å². The molecule has 1 atom stereocenters. The summed E-state index contributed by atoms with van der Waals surface area (Å²) in [6.45, 7) is 6.90. The van der Waals surface area contributed by atoms with E-state index < -0.39 is 0 Å². The highest BCUT2D eigenvalue weighted by Crippen LogP contribution is 2.20. The van der Waals surface area contributed by atoms with Crippen molar-refractivity contribution in [2.45, 2.75) is 32.4 Å². The van der Waals surface area contributed by atoms with Crippen LogP contribution in [0.15, 0.2) is 22.5 Å². The number of halogens is 1. The summed E-state index contributed by atoms with van der Waals surface area (Å²) in [6.07, 6.45) is 2.41. The third kappa shape index (κ3) is 7.82. The van der Waals surface area contributed by atoms with Gasteiger partial charge in [0.05, 0.1) is 6.61 Å². The summed E-state index contributed by atoms with van der Waals surface area (Å²) in [5.41, 5.74) is 5.91. The molecule has 0 aromatic carbocycles. The summed E-state index contributed by atoms with van der Waals surface area (Å²) in [7, 11) is 1.69. The minimum absolute atomic E-state index is 0. The van der Waals surface area contributed by atoms with E-state index in [1.807, 2.05) is 18.3 Å². The van der Waals surface area contributed by atoms with E-state index in [9.17, 15) is 0 Å². The zero-order valence-corrected chi connectivity index (χ0v) is 17.2. The lowest BCUT2D eigenvalue weighted by Crippen LogP contribution is -2.41. The van der Waals surface area contributed by atoms with E-state index in [2.05, 4.69) is 32.7 Å². The fraction of sp³-hybridized carbons (Fsp3) is 0.688. The van der Waals surface area contributed by atoms with Gasteiger partial charge in [0.15, 0.2) is 5.96 Å². The molecule has 7 heteroatoms. The van der Waals surface area contributed by atoms with Crippen molar-refractivity contribution >= 4 is 41.3 Å². The average Bonchev–Trinajstić information content (AvgIpc) is 3.00. The second kappa shape index (κ2) is 11.2. The van der Waals surface area contributed by atoms with Gasteiger partial charge in [-0.15, -0.1) is 35.3 Å². The minimum Gasteiger partial charge on any atom is -0.383 e. The van der Waals surface area contributed by atoms with Gasteiger partial charge in [0, 0.05) is 31.1 Å². The largest absolute Gasteiger partial charge is 0.383 e. The minimum atomic E-state index is 0. The Hall–Kier alpha value is -0.380. The maximum Gasteiger partial charge on any atom is 0.188 e. The number of rotatable bonds is 7. The highest BCUT2D eigenvalue weighted by molar-refractivity contribution is 14.0. The molecule has 1 aliphatic rings. The van der Waals surface area contributed by atoms with E-state index in [1.54, 1.807) is 7.11 Å². The van der Waals surface area contributed by atoms with Crippen molar-refractivity contribution in [1.82, 2.24) is 10.2 Å². The van der Waals surface area contributed by atoms with Gasteiger partial charge in [0.25, 0.3) is 0 Å². The van der Waals surface area contributed by atoms with Crippen molar-refractivity contribution in [2.75, 3.05) is 33.4 Å². The van der Waals surface area contributed by atoms with Crippen LogP contribution in [0.2, 0.25) is 0 Å². The van der Waals surface area contributed by atoms with E-state index in [-0.39, 0.29) is 30.0 Å². The maximum absolute atomic E-state index is 5.91. The monoisotopic (exact) mass is 452 g/mol. The van der Waals surface area contributed by atoms with Gasteiger partial charge in [-0.1, -0.05) is 6.07 Å². The Morgan fingerprint density at radius 1 is 1.52 bits per heavy atom. The molecule has 1 saturated heterocycles. The molecule has 1 aromatic heterocycles. The summed E-state index contributed by atoms with van der Waals surface area (Å²) in [4.78, 5) is 8.47. The van der Waals surface area contributed by atoms with Crippen molar-refractivity contribution < 1.29 is 4.74 Å². The molecule has 0 aliphatic carbocycles. The van der Waals surface area contributed by atoms with E-state index in [4.69, 9.17) is 10.5 Å². The lowest BCUT2D eigenvalue weighted by Gasteiger charge is -2.31. The molecule has 0 radical (unpaired) electrons. The first-order chi connectivity index (χ1) is 10.7. The van der Waals surface area contributed by atoms with Gasteiger partial charge in [-0.2, -0.15) is 0 Å². The molecule has 5 nitrogen and oxygen atoms in total. The van der Waals surface area contributed by atoms with Crippen molar-refractivity contribution in [3.63, 3.8) is 0 Å². The Balaban J connectivity index is 0.00000264. The van der Waals surface area contributed by atoms with Crippen LogP contribution in [-0.2, 0) is 11.3 Å². The van der Waals surface area contributed by atoms with Gasteiger partial charge in [0.1, 0.15) is 0 Å². The zero-order chi connectivity index (χ0) is 15.8. The highest BCUT2D eigenvalue weighted by Gasteiger charge is 2.19. The number of nitrogens with two attached hydrogens (primary N) is 1. The topological polar surface area (TPSA) is 62.9 Å². The summed E-state index contributed by atoms with van der Waals surface area (Å²) < 4.78 is 5.08. The molecular formula is C16H29IN4OS. The molecule has 2 heterocycles. The van der Waals surface area contributed by atoms with E-state index in [0.717, 1.165) is 26.2 Å². The first-order valence-electron chi connectivity index (χ1n) is 7.97. The SMILES string of the molecule is COCC(C)NC(N)=NCC1CCN(Cc2cccs2)CC1.I. The molecule has 2 rings (SSSR count). The molecule has 1 unspecified atom stereocenters. The molecule has 1 aromatic rings. The summed E-state index contributed by atoms with van der Waals surface area (Å²) in [5.74, 6) is 1.18. The molecular weight excluding hydrogens is 423 g/mol. The molecule has 0 spiro atoms. The van der Waals surface area contributed by atoms with E-state index in [1.165, 1.54) is 17.7 Å². The second-order valence-corrected chi connectivity index (χ2v) is 7.06. The van der Waals surface area contributed by atoms with E-state index in [0.29, 0.717) is 18.5 Å². The normalized spacial score (nSPS) is 18.4. The average molecular weight is 452 g/mol. The van der Waals surface area contributed by atoms with Crippen LogP contribution in [0, 0.1) is 5.92 Å². The Labute approximate surface area is 160 Å². The highest BCUT2D eigenvalue weighted by atomic mass is 127. The molecule has 3 N–H and O–H groups in total. The fourth-order valence-electron chi connectivity index (χ4n) is 2.77. The predicted octanol–water partition coefficient (Wildman–Crippen LogP) is 2.52. The van der Waals surface area contributed by atoms with Gasteiger partial charge in [-0.3, -0.25) is 9.89 Å². The van der Waals surface area contributed by atoms with Crippen LogP contribution in [0.5, 0.6) is 0 Å². The Morgan fingerprint density at radius 3 is 2.87 bits per heavy atom. The molecule has 0 bridgehead atoms. The maximum atomic E-state index is 5.91. The lowest BCUT2D eigenvalue weighted by molar-refractivity contribution is 0.178. The van der Waals surface area contributed by atoms with Crippen LogP contribution in [0.25, 0.3) is 0 Å². The molecule has 0 saturated carbocycles. The number of nitrogens with zero attached hydrogens (tertiary/aromatic N) is 2. The van der Waals surface area contributed by atoms with Crippen LogP contribution in [0.1, 0.15) is 24.6 Å². The number of guanidine groups is 1. The number of nitrogens with one attached hydrogen (secondary N) is 1. The second-order valence-electron chi connectivity index (χ2n) is 6.03. The van der Waals surface area contributed by atoms with Crippen molar-refractivity contribution in [3.8, 4) is 0 Å². The number of hydrogen-bond acceptors (Lipinski definition) is 4. The Bertz CT molecular complexity index is 447. The number of thiophene rings is 1. The van der Waals surface area contributed by atoms with Crippen LogP contribution < -0.4 is 11.1 Å². The molecule has 23 heavy (non-hydrogen) atoms. The Morgan fingerprint density at radius 2 is 2.26 bits per heavy atom. The number of aliphatic imine (C=N–C) groups is 1. The van der Waals surface area contributed by atoms with Gasteiger partial charge in [0.2, 0.25) is 0 Å². The first-order valence-corrected chi connectivity index (χ1v) is 8.85. The van der Waals surface area contributed by atoms with Gasteiger partial charge < -0.3 is 15.8 Å². The predicted molar refractivity (Wildman–Crippen MR) is 109 cm³/mol. The third-order valence-corrected chi connectivity index (χ3v) is 4.86. The Kier molecular flexibility index (Phi) is 10.1. The van der Waals surface area contributed by atoms with Gasteiger partial charge >= 0.3 is 0 Å². The number of hydrogen-bond donors (Lipinski definition) is 2. The first kappa shape index (κ1) is 20.7. The third-order valence-electron chi connectivity index (χ3n) is 4.00. The van der Waals surface area contributed by atoms with Crippen molar-refractivity contribution in [3.05, 3.63) is 22.4 Å². The molecule has 1 aliphatic heterocycles. The summed E-state index contributed by atoms with van der Waals surface area (Å²) in [5, 5.41) is 5.30. The summed E-state index contributed by atoms with van der Waals surface area (Å²) in [6, 6.07) is 4.54. The lowest BCUT2D eigenvalue weighted by atomic mass is 9.97. The quantitative estimate of drug-likeness (QED) is 0.379. The number of likely N-dealkylation sites (tertiary alicyclic amines) is 1. The number of methoxy groups -OCH3 is 1. The van der Waals surface area contributed by atoms with Crippen molar-refractivity contribution in [2.24, 2.45) is 16.6 Å². The standard InChI is InChI=1S/C16H28N4OS.HI/c1-13(12-21-2)19-16(17)18-10-14-5-7-20(8-6-14)11-15-4-3-9-22-15;/h3-4,9,13-14H,5-8,10-12H2,1-2H3,(H3,17,18,19);1H. The molecule has 132 valence electrons. The smallest absolute Gasteiger partial charge is 0.188 e. The summed E-state index contributed by atoms with van der Waals surface area (Å²) >= 11 is 1.84. The molecule has 0 amide bonds. The number of piperidine rings is 1. The van der Waals surface area contributed by atoms with Gasteiger partial charge in [-0.25, -0.2) is 0 Å². The number of ether oxygens (including phenoxy) is 1. The zero-order valence-electron chi connectivity index (χ0n) is 14.0. The molecule has 1 fully saturated rings. The van der Waals surface area contributed by atoms with Crippen molar-refractivity contribution in [1.29, 1.82) is 0 Å².